The molecule has 3 aromatic rings. The third kappa shape index (κ3) is 4.74. The molecule has 6 atom stereocenters. The van der Waals surface area contributed by atoms with Crippen molar-refractivity contribution in [2.75, 3.05) is 24.4 Å². The topological polar surface area (TPSA) is 108 Å². The number of likely N-dealkylation sites (tertiary alicyclic amines) is 1. The van der Waals surface area contributed by atoms with Crippen molar-refractivity contribution in [1.29, 1.82) is 0 Å². The van der Waals surface area contributed by atoms with Crippen molar-refractivity contribution < 1.29 is 24.2 Å². The highest BCUT2D eigenvalue weighted by Gasteiger charge is 2.77. The summed E-state index contributed by atoms with van der Waals surface area (Å²) >= 11 is 1.61. The highest BCUT2D eigenvalue weighted by molar-refractivity contribution is 8.02. The van der Waals surface area contributed by atoms with E-state index in [1.54, 1.807) is 48.0 Å². The summed E-state index contributed by atoms with van der Waals surface area (Å²) in [6, 6.07) is 24.4. The van der Waals surface area contributed by atoms with Gasteiger partial charge in [-0.3, -0.25) is 14.4 Å². The number of amides is 3. The molecule has 3 aliphatic heterocycles. The number of carbonyl (C=O) groups excluding carboxylic acids is 3. The average molecular weight is 586 g/mol. The molecule has 3 aliphatic rings. The van der Waals surface area contributed by atoms with Gasteiger partial charge in [-0.15, -0.1) is 11.8 Å². The van der Waals surface area contributed by atoms with Crippen molar-refractivity contribution in [3.8, 4) is 5.75 Å². The largest absolute Gasteiger partial charge is 0.497 e. The van der Waals surface area contributed by atoms with Crippen LogP contribution < -0.4 is 15.4 Å². The van der Waals surface area contributed by atoms with Gasteiger partial charge < -0.3 is 25.4 Å². The number of ether oxygens (including phenoxy) is 1. The number of hydrogen-bond donors (Lipinski definition) is 3. The highest BCUT2D eigenvalue weighted by atomic mass is 32.2. The summed E-state index contributed by atoms with van der Waals surface area (Å²) in [4.78, 5) is 44.3. The quantitative estimate of drug-likeness (QED) is 0.345. The molecule has 3 amide bonds. The van der Waals surface area contributed by atoms with Crippen molar-refractivity contribution in [2.45, 2.75) is 47.8 Å². The molecule has 8 nitrogen and oxygen atoms in total. The molecule has 1 spiro atoms. The Morgan fingerprint density at radius 3 is 2.21 bits per heavy atom. The second kappa shape index (κ2) is 11.1. The zero-order valence-electron chi connectivity index (χ0n) is 23.7. The SMILES string of the molecule is COc1ccc(NC(=O)C2N([C@@H](CO)Cc3ccccc3)C(=O)[C@@H]3[C@@H](C(=O)Nc4ccccc4)[C@@]4(C)CCC23S4)cc1. The van der Waals surface area contributed by atoms with Gasteiger partial charge in [-0.25, -0.2) is 0 Å². The Hall–Kier alpha value is -3.82. The van der Waals surface area contributed by atoms with Gasteiger partial charge in [0.15, 0.2) is 0 Å². The van der Waals surface area contributed by atoms with Gasteiger partial charge in [0.1, 0.15) is 11.8 Å². The molecule has 2 unspecified atom stereocenters. The fourth-order valence-electron chi connectivity index (χ4n) is 7.22. The number of para-hydroxylation sites is 1. The van der Waals surface area contributed by atoms with Crippen LogP contribution in [0.1, 0.15) is 25.3 Å². The maximum Gasteiger partial charge on any atom is 0.248 e. The lowest BCUT2D eigenvalue weighted by molar-refractivity contribution is -0.141. The van der Waals surface area contributed by atoms with Crippen LogP contribution in [0.2, 0.25) is 0 Å². The summed E-state index contributed by atoms with van der Waals surface area (Å²) in [5, 5.41) is 16.7. The lowest BCUT2D eigenvalue weighted by Gasteiger charge is -2.37. The number of fused-ring (bicyclic) bond motifs is 1. The van der Waals surface area contributed by atoms with Gasteiger partial charge in [0.25, 0.3) is 0 Å². The van der Waals surface area contributed by atoms with E-state index >= 15 is 0 Å². The number of benzene rings is 3. The van der Waals surface area contributed by atoms with Gasteiger partial charge in [0, 0.05) is 16.1 Å². The first kappa shape index (κ1) is 28.3. The molecule has 3 heterocycles. The third-order valence-electron chi connectivity index (χ3n) is 9.06. The van der Waals surface area contributed by atoms with E-state index in [-0.39, 0.29) is 24.3 Å². The van der Waals surface area contributed by atoms with Crippen LogP contribution in [0.25, 0.3) is 0 Å². The minimum absolute atomic E-state index is 0.212. The van der Waals surface area contributed by atoms with Crippen molar-refractivity contribution in [1.82, 2.24) is 4.90 Å². The molecule has 0 saturated carbocycles. The van der Waals surface area contributed by atoms with E-state index in [2.05, 4.69) is 10.6 Å². The number of methoxy groups -OCH3 is 1. The Labute approximate surface area is 249 Å². The molecule has 6 rings (SSSR count). The Morgan fingerprint density at radius 1 is 0.952 bits per heavy atom. The second-order valence-electron chi connectivity index (χ2n) is 11.6. The molecule has 0 aromatic heterocycles. The van der Waals surface area contributed by atoms with E-state index in [1.165, 1.54) is 0 Å². The molecule has 2 bridgehead atoms. The molecule has 3 fully saturated rings. The van der Waals surface area contributed by atoms with Gasteiger partial charge in [0.2, 0.25) is 17.7 Å². The fourth-order valence-corrected chi connectivity index (χ4v) is 9.56. The summed E-state index contributed by atoms with van der Waals surface area (Å²) in [6.45, 7) is 1.74. The number of aliphatic hydroxyl groups is 1. The lowest BCUT2D eigenvalue weighted by atomic mass is 9.66. The van der Waals surface area contributed by atoms with E-state index in [4.69, 9.17) is 4.74 Å². The molecular weight excluding hydrogens is 550 g/mol. The van der Waals surface area contributed by atoms with Crippen molar-refractivity contribution >= 4 is 40.9 Å². The summed E-state index contributed by atoms with van der Waals surface area (Å²) in [5.41, 5.74) is 2.20. The number of carbonyl (C=O) groups is 3. The third-order valence-corrected chi connectivity index (χ3v) is 11.0. The summed E-state index contributed by atoms with van der Waals surface area (Å²) < 4.78 is 3.95. The van der Waals surface area contributed by atoms with E-state index in [0.29, 0.717) is 36.4 Å². The molecule has 3 N–H and O–H groups in total. The lowest BCUT2D eigenvalue weighted by Crippen LogP contribution is -2.55. The Kier molecular flexibility index (Phi) is 7.49. The predicted molar refractivity (Wildman–Crippen MR) is 163 cm³/mol. The first-order valence-electron chi connectivity index (χ1n) is 14.3. The molecule has 0 radical (unpaired) electrons. The molecule has 42 heavy (non-hydrogen) atoms. The molecule has 9 heteroatoms. The van der Waals surface area contributed by atoms with E-state index in [1.807, 2.05) is 67.6 Å². The summed E-state index contributed by atoms with van der Waals surface area (Å²) in [6.07, 6.45) is 1.72. The first-order valence-corrected chi connectivity index (χ1v) is 15.1. The molecule has 0 aliphatic carbocycles. The van der Waals surface area contributed by atoms with Crippen molar-refractivity contribution in [2.24, 2.45) is 11.8 Å². The standard InChI is InChI=1S/C33H35N3O5S/c1-32-17-18-33(42-32)27(26(32)29(38)34-22-11-7-4-8-12-22)31(40)36(24(20-37)19-21-9-5-3-6-10-21)28(33)30(39)35-23-13-15-25(41-2)16-14-23/h3-16,24,26-28,37H,17-20H2,1-2H3,(H,34,38)(H,35,39)/t24-,26+,27+,28?,32-,33?/m1/s1. The van der Waals surface area contributed by atoms with Gasteiger partial charge in [-0.05, 0) is 68.1 Å². The van der Waals surface area contributed by atoms with Crippen LogP contribution in [0.3, 0.4) is 0 Å². The molecule has 3 aromatic carbocycles. The number of thioether (sulfide) groups is 1. The molecular formula is C33H35N3O5S. The van der Waals surface area contributed by atoms with Gasteiger partial charge in [-0.2, -0.15) is 0 Å². The zero-order chi connectivity index (χ0) is 29.5. The number of hydrogen-bond acceptors (Lipinski definition) is 6. The van der Waals surface area contributed by atoms with Gasteiger partial charge in [-0.1, -0.05) is 48.5 Å². The molecule has 3 saturated heterocycles. The summed E-state index contributed by atoms with van der Waals surface area (Å²) in [7, 11) is 1.58. The number of anilines is 2. The minimum atomic E-state index is -0.862. The number of aliphatic hydroxyl groups excluding tert-OH is 1. The van der Waals surface area contributed by atoms with Crippen LogP contribution in [0.4, 0.5) is 11.4 Å². The van der Waals surface area contributed by atoms with E-state index < -0.39 is 33.4 Å². The Balaban J connectivity index is 1.38. The van der Waals surface area contributed by atoms with Crippen molar-refractivity contribution in [3.05, 3.63) is 90.5 Å². The van der Waals surface area contributed by atoms with Gasteiger partial charge in [0.05, 0.1) is 36.3 Å². The van der Waals surface area contributed by atoms with E-state index in [0.717, 1.165) is 5.56 Å². The van der Waals surface area contributed by atoms with Crippen LogP contribution in [-0.4, -0.2) is 63.0 Å². The van der Waals surface area contributed by atoms with Crippen molar-refractivity contribution in [3.63, 3.8) is 0 Å². The Morgan fingerprint density at radius 2 is 1.57 bits per heavy atom. The normalized spacial score (nSPS) is 28.3. The van der Waals surface area contributed by atoms with Crippen LogP contribution in [0, 0.1) is 11.8 Å². The fraction of sp³-hybridized carbons (Fsp3) is 0.364. The average Bonchev–Trinajstić information content (AvgIpc) is 3.58. The monoisotopic (exact) mass is 585 g/mol. The zero-order valence-corrected chi connectivity index (χ0v) is 24.5. The maximum atomic E-state index is 14.5. The van der Waals surface area contributed by atoms with Crippen LogP contribution in [-0.2, 0) is 20.8 Å². The number of nitrogens with zero attached hydrogens (tertiary/aromatic N) is 1. The van der Waals surface area contributed by atoms with Gasteiger partial charge >= 0.3 is 0 Å². The minimum Gasteiger partial charge on any atom is -0.497 e. The first-order chi connectivity index (χ1) is 20.3. The van der Waals surface area contributed by atoms with Crippen LogP contribution >= 0.6 is 11.8 Å². The number of rotatable bonds is 9. The predicted octanol–water partition coefficient (Wildman–Crippen LogP) is 4.36. The smallest absolute Gasteiger partial charge is 0.248 e. The van der Waals surface area contributed by atoms with E-state index in [9.17, 15) is 19.5 Å². The van der Waals surface area contributed by atoms with Crippen LogP contribution in [0.5, 0.6) is 5.75 Å². The number of nitrogens with one attached hydrogen (secondary N) is 2. The second-order valence-corrected chi connectivity index (χ2v) is 13.5. The Bertz CT molecular complexity index is 1470. The highest BCUT2D eigenvalue weighted by Crippen LogP contribution is 2.71. The van der Waals surface area contributed by atoms with Crippen LogP contribution in [0.15, 0.2) is 84.9 Å². The summed E-state index contributed by atoms with van der Waals surface area (Å²) in [5.74, 6) is -1.43. The molecule has 218 valence electrons. The maximum absolute atomic E-state index is 14.5.